The fourth-order valence-electron chi connectivity index (χ4n) is 2.29. The third-order valence-corrected chi connectivity index (χ3v) is 3.61. The van der Waals surface area contributed by atoms with Crippen LogP contribution in [0.5, 0.6) is 0 Å². The number of aryl methyl sites for hydroxylation is 1. The predicted octanol–water partition coefficient (Wildman–Crippen LogP) is 3.51. The lowest BCUT2D eigenvalue weighted by molar-refractivity contribution is 0.409. The van der Waals surface area contributed by atoms with Gasteiger partial charge in [-0.15, -0.1) is 0 Å². The molecule has 2 aromatic rings. The Balaban J connectivity index is 2.77. The van der Waals surface area contributed by atoms with Crippen LogP contribution < -0.4 is 5.73 Å². The molecule has 18 heavy (non-hydrogen) atoms. The third kappa shape index (κ3) is 2.03. The molecule has 98 valence electrons. The summed E-state index contributed by atoms with van der Waals surface area (Å²) in [5.74, 6) is 0.987. The first-order valence-corrected chi connectivity index (χ1v) is 6.64. The molecule has 1 heterocycles. The Morgan fingerprint density at radius 3 is 2.61 bits per heavy atom. The fourth-order valence-corrected chi connectivity index (χ4v) is 2.29. The average molecular weight is 245 g/mol. The van der Waals surface area contributed by atoms with Gasteiger partial charge in [0, 0.05) is 6.04 Å². The van der Waals surface area contributed by atoms with Crippen LogP contribution in [-0.2, 0) is 5.54 Å². The van der Waals surface area contributed by atoms with Crippen molar-refractivity contribution in [3.8, 4) is 0 Å². The Bertz CT molecular complexity index is 564. The second-order valence-corrected chi connectivity index (χ2v) is 5.66. The second-order valence-electron chi connectivity index (χ2n) is 5.66. The van der Waals surface area contributed by atoms with Crippen LogP contribution in [0.25, 0.3) is 11.0 Å². The van der Waals surface area contributed by atoms with Crippen molar-refractivity contribution in [1.29, 1.82) is 0 Å². The van der Waals surface area contributed by atoms with E-state index in [1.54, 1.807) is 0 Å². The van der Waals surface area contributed by atoms with Crippen LogP contribution >= 0.6 is 0 Å². The summed E-state index contributed by atoms with van der Waals surface area (Å²) < 4.78 is 2.26. The van der Waals surface area contributed by atoms with Crippen molar-refractivity contribution in [1.82, 2.24) is 9.55 Å². The molecule has 1 unspecified atom stereocenters. The van der Waals surface area contributed by atoms with Gasteiger partial charge in [-0.25, -0.2) is 4.98 Å². The zero-order valence-electron chi connectivity index (χ0n) is 12.0. The molecule has 0 fully saturated rings. The Labute approximate surface area is 109 Å². The lowest BCUT2D eigenvalue weighted by Gasteiger charge is -2.25. The molecule has 1 atom stereocenters. The molecule has 1 aromatic carbocycles. The highest BCUT2D eigenvalue weighted by Crippen LogP contribution is 2.29. The topological polar surface area (TPSA) is 43.8 Å². The third-order valence-electron chi connectivity index (χ3n) is 3.61. The van der Waals surface area contributed by atoms with Crippen LogP contribution in [-0.4, -0.2) is 9.55 Å². The number of hydrogen-bond donors (Lipinski definition) is 1. The number of fused-ring (bicyclic) bond motifs is 1. The van der Waals surface area contributed by atoms with Gasteiger partial charge in [-0.1, -0.05) is 13.0 Å². The molecule has 2 N–H and O–H groups in total. The van der Waals surface area contributed by atoms with Crippen molar-refractivity contribution >= 4 is 11.0 Å². The molecular weight excluding hydrogens is 222 g/mol. The monoisotopic (exact) mass is 245 g/mol. The van der Waals surface area contributed by atoms with Gasteiger partial charge >= 0.3 is 0 Å². The van der Waals surface area contributed by atoms with E-state index in [9.17, 15) is 0 Å². The van der Waals surface area contributed by atoms with Gasteiger partial charge in [0.2, 0.25) is 0 Å². The highest BCUT2D eigenvalue weighted by molar-refractivity contribution is 5.77. The Kier molecular flexibility index (Phi) is 3.20. The van der Waals surface area contributed by atoms with Crippen molar-refractivity contribution in [2.24, 2.45) is 5.73 Å². The minimum Gasteiger partial charge on any atom is -0.324 e. The summed E-state index contributed by atoms with van der Waals surface area (Å²) >= 11 is 0. The quantitative estimate of drug-likeness (QED) is 0.899. The molecule has 0 bridgehead atoms. The minimum absolute atomic E-state index is 0.363. The molecule has 0 saturated carbocycles. The first-order chi connectivity index (χ1) is 8.36. The van der Waals surface area contributed by atoms with Crippen molar-refractivity contribution in [3.63, 3.8) is 0 Å². The molecule has 0 aliphatic rings. The molecule has 3 heteroatoms. The molecule has 3 nitrogen and oxygen atoms in total. The molecule has 2 rings (SSSR count). The van der Waals surface area contributed by atoms with Crippen LogP contribution in [0.3, 0.4) is 0 Å². The standard InChI is InChI=1S/C15H23N3/c1-6-15(5,16)14-17-12-9-11(4)7-8-13(12)18(14)10(2)3/h7-10H,6,16H2,1-5H3. The highest BCUT2D eigenvalue weighted by atomic mass is 15.1. The van der Waals surface area contributed by atoms with E-state index in [1.165, 1.54) is 11.1 Å². The van der Waals surface area contributed by atoms with Crippen molar-refractivity contribution in [3.05, 3.63) is 29.6 Å². The van der Waals surface area contributed by atoms with E-state index in [0.29, 0.717) is 6.04 Å². The minimum atomic E-state index is -0.378. The molecule has 0 aliphatic heterocycles. The number of benzene rings is 1. The zero-order valence-corrected chi connectivity index (χ0v) is 12.0. The van der Waals surface area contributed by atoms with Crippen molar-refractivity contribution in [2.75, 3.05) is 0 Å². The van der Waals surface area contributed by atoms with Crippen LogP contribution in [0.15, 0.2) is 18.2 Å². The first kappa shape index (κ1) is 13.1. The summed E-state index contributed by atoms with van der Waals surface area (Å²) in [5, 5.41) is 0. The summed E-state index contributed by atoms with van der Waals surface area (Å²) in [7, 11) is 0. The Morgan fingerprint density at radius 2 is 2.06 bits per heavy atom. The van der Waals surface area contributed by atoms with E-state index in [0.717, 1.165) is 17.8 Å². The SMILES string of the molecule is CCC(C)(N)c1nc2cc(C)ccc2n1C(C)C. The highest BCUT2D eigenvalue weighted by Gasteiger charge is 2.27. The zero-order chi connectivity index (χ0) is 13.5. The molecular formula is C15H23N3. The summed E-state index contributed by atoms with van der Waals surface area (Å²) in [6, 6.07) is 6.77. The van der Waals surface area contributed by atoms with Gasteiger partial charge in [0.25, 0.3) is 0 Å². The van der Waals surface area contributed by atoms with Crippen LogP contribution in [0.2, 0.25) is 0 Å². The first-order valence-electron chi connectivity index (χ1n) is 6.64. The molecule has 0 saturated heterocycles. The molecule has 0 amide bonds. The van der Waals surface area contributed by atoms with E-state index in [4.69, 9.17) is 10.7 Å². The van der Waals surface area contributed by atoms with Crippen molar-refractivity contribution in [2.45, 2.75) is 52.6 Å². The maximum atomic E-state index is 6.39. The average Bonchev–Trinajstić information content (AvgIpc) is 2.68. The number of aromatic nitrogens is 2. The van der Waals surface area contributed by atoms with Crippen molar-refractivity contribution < 1.29 is 0 Å². The van der Waals surface area contributed by atoms with Gasteiger partial charge in [-0.05, 0) is 51.8 Å². The second kappa shape index (κ2) is 4.39. The van der Waals surface area contributed by atoms with Gasteiger partial charge in [0.1, 0.15) is 5.82 Å². The summed E-state index contributed by atoms with van der Waals surface area (Å²) in [6.45, 7) is 10.6. The Hall–Kier alpha value is -1.35. The number of imidazole rings is 1. The van der Waals surface area contributed by atoms with E-state index in [1.807, 2.05) is 0 Å². The van der Waals surface area contributed by atoms with Gasteiger partial charge in [0.05, 0.1) is 16.6 Å². The maximum Gasteiger partial charge on any atom is 0.129 e. The van der Waals surface area contributed by atoms with E-state index < -0.39 is 0 Å². The van der Waals surface area contributed by atoms with Gasteiger partial charge in [-0.3, -0.25) is 0 Å². The van der Waals surface area contributed by atoms with E-state index >= 15 is 0 Å². The normalized spacial score (nSPS) is 15.3. The molecule has 1 aromatic heterocycles. The lowest BCUT2D eigenvalue weighted by atomic mass is 9.99. The van der Waals surface area contributed by atoms with Crippen LogP contribution in [0.4, 0.5) is 0 Å². The van der Waals surface area contributed by atoms with Crippen LogP contribution in [0.1, 0.15) is 51.5 Å². The fraction of sp³-hybridized carbons (Fsp3) is 0.533. The Morgan fingerprint density at radius 1 is 1.39 bits per heavy atom. The van der Waals surface area contributed by atoms with Gasteiger partial charge < -0.3 is 10.3 Å². The largest absolute Gasteiger partial charge is 0.324 e. The van der Waals surface area contributed by atoms with Gasteiger partial charge in [0.15, 0.2) is 0 Å². The maximum absolute atomic E-state index is 6.39. The summed E-state index contributed by atoms with van der Waals surface area (Å²) in [4.78, 5) is 4.78. The number of nitrogens with two attached hydrogens (primary N) is 1. The van der Waals surface area contributed by atoms with E-state index in [-0.39, 0.29) is 5.54 Å². The molecule has 0 aliphatic carbocycles. The smallest absolute Gasteiger partial charge is 0.129 e. The summed E-state index contributed by atoms with van der Waals surface area (Å²) in [6.07, 6.45) is 0.877. The lowest BCUT2D eigenvalue weighted by Crippen LogP contribution is -2.35. The predicted molar refractivity (Wildman–Crippen MR) is 76.7 cm³/mol. The van der Waals surface area contributed by atoms with E-state index in [2.05, 4.69) is 57.4 Å². The number of hydrogen-bond acceptors (Lipinski definition) is 2. The molecule has 0 spiro atoms. The van der Waals surface area contributed by atoms with Crippen LogP contribution in [0, 0.1) is 6.92 Å². The molecule has 0 radical (unpaired) electrons. The summed E-state index contributed by atoms with van der Waals surface area (Å²) in [5.41, 5.74) is 9.47. The van der Waals surface area contributed by atoms with Gasteiger partial charge in [-0.2, -0.15) is 0 Å². The number of rotatable bonds is 3. The number of nitrogens with zero attached hydrogens (tertiary/aromatic N) is 2.